The third kappa shape index (κ3) is 4.23. The summed E-state index contributed by atoms with van der Waals surface area (Å²) in [5.74, 6) is -0.360. The monoisotopic (exact) mass is 244 g/mol. The van der Waals surface area contributed by atoms with Crippen LogP contribution in [0.2, 0.25) is 0 Å². The quantitative estimate of drug-likeness (QED) is 0.609. The minimum absolute atomic E-state index is 0.391. The van der Waals surface area contributed by atoms with Gasteiger partial charge in [-0.3, -0.25) is 0 Å². The first-order valence-corrected chi connectivity index (χ1v) is 7.20. The predicted octanol–water partition coefficient (Wildman–Crippen LogP) is 3.72. The van der Waals surface area contributed by atoms with E-state index in [4.69, 9.17) is 14.2 Å². The highest BCUT2D eigenvalue weighted by molar-refractivity contribution is 4.76. The fourth-order valence-corrected chi connectivity index (χ4v) is 2.42. The van der Waals surface area contributed by atoms with Crippen LogP contribution in [0.3, 0.4) is 0 Å². The maximum atomic E-state index is 5.93. The molecule has 0 saturated carbocycles. The van der Waals surface area contributed by atoms with Crippen LogP contribution in [0.1, 0.15) is 59.3 Å². The van der Waals surface area contributed by atoms with Crippen molar-refractivity contribution < 1.29 is 14.2 Å². The lowest BCUT2D eigenvalue weighted by Crippen LogP contribution is -2.49. The largest absolute Gasteiger partial charge is 0.328 e. The standard InChI is InChI=1S/C14H28O3/c1-4-7-9-13-10-8-12-17-14(13,15-6-3)16-11-5-2/h13H,4-12H2,1-3H3. The van der Waals surface area contributed by atoms with E-state index in [2.05, 4.69) is 13.8 Å². The normalized spacial score (nSPS) is 29.5. The molecule has 0 aromatic rings. The second-order valence-electron chi connectivity index (χ2n) is 4.71. The van der Waals surface area contributed by atoms with E-state index < -0.39 is 5.97 Å². The summed E-state index contributed by atoms with van der Waals surface area (Å²) in [7, 11) is 0. The predicted molar refractivity (Wildman–Crippen MR) is 68.8 cm³/mol. The van der Waals surface area contributed by atoms with Gasteiger partial charge in [-0.1, -0.05) is 26.7 Å². The van der Waals surface area contributed by atoms with Crippen LogP contribution in [-0.4, -0.2) is 25.8 Å². The Morgan fingerprint density at radius 3 is 2.65 bits per heavy atom. The maximum absolute atomic E-state index is 5.93. The first-order valence-electron chi connectivity index (χ1n) is 7.20. The molecule has 0 aliphatic carbocycles. The van der Waals surface area contributed by atoms with Crippen LogP contribution in [0, 0.1) is 5.92 Å². The Bertz CT molecular complexity index is 192. The summed E-state index contributed by atoms with van der Waals surface area (Å²) in [6.07, 6.45) is 6.85. The molecule has 1 heterocycles. The summed E-state index contributed by atoms with van der Waals surface area (Å²) < 4.78 is 17.6. The molecule has 1 aliphatic rings. The highest BCUT2D eigenvalue weighted by Gasteiger charge is 2.44. The molecule has 2 atom stereocenters. The average molecular weight is 244 g/mol. The SMILES string of the molecule is CCCCC1CCCOC1(OCC)OCCC. The number of hydrogen-bond donors (Lipinski definition) is 0. The van der Waals surface area contributed by atoms with Crippen molar-refractivity contribution in [3.8, 4) is 0 Å². The van der Waals surface area contributed by atoms with Gasteiger partial charge in [-0.15, -0.1) is 0 Å². The first-order chi connectivity index (χ1) is 8.29. The second kappa shape index (κ2) is 8.06. The van der Waals surface area contributed by atoms with E-state index in [1.165, 1.54) is 12.8 Å². The Hall–Kier alpha value is -0.120. The molecule has 1 saturated heterocycles. The molecule has 1 aliphatic heterocycles. The van der Waals surface area contributed by atoms with Gasteiger partial charge in [0.1, 0.15) is 0 Å². The Labute approximate surface area is 106 Å². The van der Waals surface area contributed by atoms with Crippen molar-refractivity contribution in [3.63, 3.8) is 0 Å². The number of rotatable bonds is 8. The van der Waals surface area contributed by atoms with Crippen LogP contribution in [0.4, 0.5) is 0 Å². The Morgan fingerprint density at radius 1 is 1.18 bits per heavy atom. The summed E-state index contributed by atoms with van der Waals surface area (Å²) in [4.78, 5) is 0. The molecule has 0 radical (unpaired) electrons. The number of unbranched alkanes of at least 4 members (excludes halogenated alkanes) is 1. The lowest BCUT2D eigenvalue weighted by molar-refractivity contribution is -0.416. The molecule has 0 N–H and O–H groups in total. The zero-order valence-electron chi connectivity index (χ0n) is 11.7. The van der Waals surface area contributed by atoms with Crippen molar-refractivity contribution in [2.45, 2.75) is 65.3 Å². The maximum Gasteiger partial charge on any atom is 0.285 e. The number of ether oxygens (including phenoxy) is 3. The minimum Gasteiger partial charge on any atom is -0.328 e. The van der Waals surface area contributed by atoms with Gasteiger partial charge in [0.15, 0.2) is 0 Å². The Kier molecular flexibility index (Phi) is 7.09. The Morgan fingerprint density at radius 2 is 2.00 bits per heavy atom. The third-order valence-electron chi connectivity index (χ3n) is 3.26. The summed E-state index contributed by atoms with van der Waals surface area (Å²) >= 11 is 0. The van der Waals surface area contributed by atoms with Crippen LogP contribution >= 0.6 is 0 Å². The summed E-state index contributed by atoms with van der Waals surface area (Å²) in [5.41, 5.74) is 0. The van der Waals surface area contributed by atoms with E-state index in [-0.39, 0.29) is 0 Å². The molecule has 1 fully saturated rings. The van der Waals surface area contributed by atoms with Gasteiger partial charge in [-0.2, -0.15) is 0 Å². The summed E-state index contributed by atoms with van der Waals surface area (Å²) in [6.45, 7) is 8.45. The molecule has 3 heteroatoms. The second-order valence-corrected chi connectivity index (χ2v) is 4.71. The molecular weight excluding hydrogens is 216 g/mol. The van der Waals surface area contributed by atoms with E-state index in [0.29, 0.717) is 19.1 Å². The van der Waals surface area contributed by atoms with Gasteiger partial charge in [0, 0.05) is 12.5 Å². The molecule has 1 rings (SSSR count). The highest BCUT2D eigenvalue weighted by atomic mass is 16.9. The molecule has 102 valence electrons. The molecule has 0 amide bonds. The van der Waals surface area contributed by atoms with Crippen molar-refractivity contribution in [1.29, 1.82) is 0 Å². The van der Waals surface area contributed by atoms with E-state index in [0.717, 1.165) is 32.3 Å². The van der Waals surface area contributed by atoms with Crippen LogP contribution in [0.15, 0.2) is 0 Å². The molecule has 0 aromatic heterocycles. The van der Waals surface area contributed by atoms with Gasteiger partial charge in [0.2, 0.25) is 0 Å². The van der Waals surface area contributed by atoms with Crippen LogP contribution in [0.25, 0.3) is 0 Å². The van der Waals surface area contributed by atoms with Gasteiger partial charge < -0.3 is 14.2 Å². The molecule has 0 bridgehead atoms. The van der Waals surface area contributed by atoms with Crippen molar-refractivity contribution in [1.82, 2.24) is 0 Å². The molecular formula is C14H28O3. The van der Waals surface area contributed by atoms with Crippen LogP contribution in [-0.2, 0) is 14.2 Å². The minimum atomic E-state index is -0.752. The van der Waals surface area contributed by atoms with Crippen molar-refractivity contribution in [2.24, 2.45) is 5.92 Å². The molecule has 0 aromatic carbocycles. The van der Waals surface area contributed by atoms with Gasteiger partial charge in [-0.05, 0) is 32.6 Å². The zero-order valence-corrected chi connectivity index (χ0v) is 11.7. The Balaban J connectivity index is 2.64. The van der Waals surface area contributed by atoms with Gasteiger partial charge in [0.25, 0.3) is 5.97 Å². The molecule has 2 unspecified atom stereocenters. The summed E-state index contributed by atoms with van der Waals surface area (Å²) in [5, 5.41) is 0. The van der Waals surface area contributed by atoms with E-state index in [1.807, 2.05) is 6.92 Å². The van der Waals surface area contributed by atoms with Crippen LogP contribution in [0.5, 0.6) is 0 Å². The highest BCUT2D eigenvalue weighted by Crippen LogP contribution is 2.37. The lowest BCUT2D eigenvalue weighted by atomic mass is 9.92. The van der Waals surface area contributed by atoms with Gasteiger partial charge >= 0.3 is 0 Å². The number of hydrogen-bond acceptors (Lipinski definition) is 3. The zero-order chi connectivity index (χ0) is 12.6. The lowest BCUT2D eigenvalue weighted by Gasteiger charge is -2.42. The molecule has 17 heavy (non-hydrogen) atoms. The summed E-state index contributed by atoms with van der Waals surface area (Å²) in [6, 6.07) is 0. The third-order valence-corrected chi connectivity index (χ3v) is 3.26. The van der Waals surface area contributed by atoms with Crippen molar-refractivity contribution >= 4 is 0 Å². The molecule has 3 nitrogen and oxygen atoms in total. The smallest absolute Gasteiger partial charge is 0.285 e. The fourth-order valence-electron chi connectivity index (χ4n) is 2.42. The van der Waals surface area contributed by atoms with E-state index in [9.17, 15) is 0 Å². The van der Waals surface area contributed by atoms with E-state index in [1.54, 1.807) is 0 Å². The van der Waals surface area contributed by atoms with Gasteiger partial charge in [0.05, 0.1) is 13.2 Å². The first kappa shape index (κ1) is 14.9. The van der Waals surface area contributed by atoms with Gasteiger partial charge in [-0.25, -0.2) is 0 Å². The molecule has 0 spiro atoms. The average Bonchev–Trinajstić information content (AvgIpc) is 2.36. The van der Waals surface area contributed by atoms with E-state index >= 15 is 0 Å². The van der Waals surface area contributed by atoms with Crippen molar-refractivity contribution in [2.75, 3.05) is 19.8 Å². The topological polar surface area (TPSA) is 27.7 Å². The van der Waals surface area contributed by atoms with Crippen molar-refractivity contribution in [3.05, 3.63) is 0 Å². The fraction of sp³-hybridized carbons (Fsp3) is 1.00. The van der Waals surface area contributed by atoms with Crippen LogP contribution < -0.4 is 0 Å².